The van der Waals surface area contributed by atoms with Gasteiger partial charge >= 0.3 is 0 Å². The zero-order valence-corrected chi connectivity index (χ0v) is 22.2. The Morgan fingerprint density at radius 3 is 2.59 bits per heavy atom. The molecule has 192 valence electrons. The molecule has 5 aromatic rings. The molecule has 37 heavy (non-hydrogen) atoms. The minimum Gasteiger partial charge on any atom is -0.496 e. The van der Waals surface area contributed by atoms with Crippen molar-refractivity contribution in [1.29, 1.82) is 0 Å². The zero-order valence-electron chi connectivity index (χ0n) is 22.2. The number of methoxy groups -OCH3 is 2. The van der Waals surface area contributed by atoms with E-state index in [-0.39, 0.29) is 6.04 Å². The van der Waals surface area contributed by atoms with Crippen LogP contribution in [-0.4, -0.2) is 44.1 Å². The molecule has 4 heterocycles. The van der Waals surface area contributed by atoms with Crippen molar-refractivity contribution in [3.05, 3.63) is 52.6 Å². The average Bonchev–Trinajstić information content (AvgIpc) is 3.40. The topological polar surface area (TPSA) is 104 Å². The number of aromatic nitrogens is 6. The summed E-state index contributed by atoms with van der Waals surface area (Å²) in [5, 5.41) is 11.1. The molecule has 9 nitrogen and oxygen atoms in total. The molecule has 1 aromatic carbocycles. The van der Waals surface area contributed by atoms with Crippen LogP contribution in [0.5, 0.6) is 5.75 Å². The SMILES string of the molecule is COCc1nc(Cc2cc(C3CC3)nn2C(C)C)c2c(n1)[nH]c1cc(-c3c(C)noc3C)c(OC)cc12. The standard InChI is InChI=1S/C28H32N6O3/c1-14(2)34-18(9-21(32-34)17-7-8-17)10-23-27-19-12-24(36-6)20(26-15(3)33-37-16(26)4)11-22(19)30-28(27)31-25(29-23)13-35-5/h9,11-12,14,17H,7-8,10,13H2,1-6H3,(H,29,30,31). The molecule has 6 rings (SSSR count). The predicted octanol–water partition coefficient (Wildman–Crippen LogP) is 5.78. The monoisotopic (exact) mass is 500 g/mol. The van der Waals surface area contributed by atoms with E-state index in [1.165, 1.54) is 18.5 Å². The summed E-state index contributed by atoms with van der Waals surface area (Å²) < 4.78 is 18.8. The van der Waals surface area contributed by atoms with Gasteiger partial charge in [0.2, 0.25) is 0 Å². The molecule has 9 heteroatoms. The van der Waals surface area contributed by atoms with E-state index in [9.17, 15) is 0 Å². The number of nitrogens with zero attached hydrogens (tertiary/aromatic N) is 5. The summed E-state index contributed by atoms with van der Waals surface area (Å²) in [5.74, 6) is 2.74. The van der Waals surface area contributed by atoms with Crippen molar-refractivity contribution >= 4 is 21.9 Å². The average molecular weight is 501 g/mol. The number of aryl methyl sites for hydroxylation is 2. The first kappa shape index (κ1) is 23.7. The van der Waals surface area contributed by atoms with E-state index >= 15 is 0 Å². The lowest BCUT2D eigenvalue weighted by Gasteiger charge is -2.12. The Balaban J connectivity index is 1.56. The van der Waals surface area contributed by atoms with Crippen LogP contribution >= 0.6 is 0 Å². The fourth-order valence-electron chi connectivity index (χ4n) is 5.29. The van der Waals surface area contributed by atoms with Crippen LogP contribution < -0.4 is 4.74 Å². The second-order valence-electron chi connectivity index (χ2n) is 10.2. The van der Waals surface area contributed by atoms with Gasteiger partial charge in [0.25, 0.3) is 0 Å². The molecule has 0 saturated heterocycles. The van der Waals surface area contributed by atoms with Gasteiger partial charge in [0.15, 0.2) is 5.82 Å². The molecule has 1 saturated carbocycles. The fourth-order valence-corrected chi connectivity index (χ4v) is 5.29. The van der Waals surface area contributed by atoms with Gasteiger partial charge in [-0.05, 0) is 58.7 Å². The maximum atomic E-state index is 5.85. The lowest BCUT2D eigenvalue weighted by atomic mass is 10.00. The van der Waals surface area contributed by atoms with Crippen molar-refractivity contribution in [3.63, 3.8) is 0 Å². The summed E-state index contributed by atoms with van der Waals surface area (Å²) in [6.07, 6.45) is 3.09. The van der Waals surface area contributed by atoms with Gasteiger partial charge in [-0.25, -0.2) is 9.97 Å². The molecule has 0 unspecified atom stereocenters. The smallest absolute Gasteiger partial charge is 0.156 e. The third-order valence-electron chi connectivity index (χ3n) is 7.13. The van der Waals surface area contributed by atoms with Crippen LogP contribution in [0.1, 0.15) is 73.0 Å². The van der Waals surface area contributed by atoms with Crippen molar-refractivity contribution in [1.82, 2.24) is 29.9 Å². The number of hydrogen-bond donors (Lipinski definition) is 1. The minimum absolute atomic E-state index is 0.263. The van der Waals surface area contributed by atoms with Gasteiger partial charge in [0.05, 0.1) is 29.8 Å². The normalized spacial score (nSPS) is 13.9. The van der Waals surface area contributed by atoms with Gasteiger partial charge in [0.1, 0.15) is 23.8 Å². The van der Waals surface area contributed by atoms with Crippen molar-refractivity contribution in [3.8, 4) is 16.9 Å². The number of nitrogens with one attached hydrogen (secondary N) is 1. The second kappa shape index (κ2) is 8.99. The van der Waals surface area contributed by atoms with Gasteiger partial charge in [-0.1, -0.05) is 5.16 Å². The molecular weight excluding hydrogens is 468 g/mol. The summed E-state index contributed by atoms with van der Waals surface area (Å²) in [6, 6.07) is 6.67. The third kappa shape index (κ3) is 4.07. The largest absolute Gasteiger partial charge is 0.496 e. The van der Waals surface area contributed by atoms with Gasteiger partial charge < -0.3 is 19.0 Å². The van der Waals surface area contributed by atoms with E-state index in [0.717, 1.165) is 61.7 Å². The van der Waals surface area contributed by atoms with Gasteiger partial charge in [-0.3, -0.25) is 4.68 Å². The van der Waals surface area contributed by atoms with E-state index in [1.54, 1.807) is 14.2 Å². The Morgan fingerprint density at radius 1 is 1.14 bits per heavy atom. The van der Waals surface area contributed by atoms with E-state index in [1.807, 2.05) is 13.8 Å². The Kier molecular flexibility index (Phi) is 5.75. The molecule has 0 radical (unpaired) electrons. The van der Waals surface area contributed by atoms with E-state index in [0.29, 0.717) is 24.8 Å². The highest BCUT2D eigenvalue weighted by Crippen LogP contribution is 2.42. The number of rotatable bonds is 8. The van der Waals surface area contributed by atoms with E-state index in [4.69, 9.17) is 29.1 Å². The molecule has 4 aromatic heterocycles. The van der Waals surface area contributed by atoms with Crippen molar-refractivity contribution in [2.75, 3.05) is 14.2 Å². The Morgan fingerprint density at radius 2 is 1.95 bits per heavy atom. The van der Waals surface area contributed by atoms with Crippen molar-refractivity contribution in [2.24, 2.45) is 0 Å². The zero-order chi connectivity index (χ0) is 25.8. The van der Waals surface area contributed by atoms with Crippen LogP contribution in [0.3, 0.4) is 0 Å². The first-order valence-electron chi connectivity index (χ1n) is 12.8. The molecule has 1 aliphatic rings. The highest BCUT2D eigenvalue weighted by Gasteiger charge is 2.28. The van der Waals surface area contributed by atoms with Crippen LogP contribution in [-0.2, 0) is 17.8 Å². The molecular formula is C28H32N6O3. The summed E-state index contributed by atoms with van der Waals surface area (Å²) in [4.78, 5) is 13.3. The van der Waals surface area contributed by atoms with Crippen molar-refractivity contribution in [2.45, 2.75) is 65.5 Å². The predicted molar refractivity (Wildman–Crippen MR) is 141 cm³/mol. The van der Waals surface area contributed by atoms with Gasteiger partial charge in [0, 0.05) is 53.0 Å². The first-order chi connectivity index (χ1) is 17.9. The molecule has 0 bridgehead atoms. The number of H-pyrrole nitrogens is 1. The molecule has 1 aliphatic carbocycles. The number of fused-ring (bicyclic) bond motifs is 3. The van der Waals surface area contributed by atoms with E-state index < -0.39 is 0 Å². The Bertz CT molecular complexity index is 1600. The van der Waals surface area contributed by atoms with Crippen LogP contribution in [0.25, 0.3) is 33.1 Å². The molecule has 0 spiro atoms. The number of benzene rings is 1. The highest BCUT2D eigenvalue weighted by atomic mass is 16.5. The first-order valence-corrected chi connectivity index (χ1v) is 12.8. The van der Waals surface area contributed by atoms with Crippen LogP contribution in [0.2, 0.25) is 0 Å². The number of aromatic amines is 1. The molecule has 0 amide bonds. The van der Waals surface area contributed by atoms with Crippen molar-refractivity contribution < 1.29 is 14.0 Å². The highest BCUT2D eigenvalue weighted by molar-refractivity contribution is 6.09. The third-order valence-corrected chi connectivity index (χ3v) is 7.13. The molecule has 1 fully saturated rings. The summed E-state index contributed by atoms with van der Waals surface area (Å²) >= 11 is 0. The van der Waals surface area contributed by atoms with Gasteiger partial charge in [-0.15, -0.1) is 0 Å². The van der Waals surface area contributed by atoms with Crippen LogP contribution in [0.15, 0.2) is 22.7 Å². The summed E-state index contributed by atoms with van der Waals surface area (Å²) in [7, 11) is 3.35. The summed E-state index contributed by atoms with van der Waals surface area (Å²) in [5.41, 5.74) is 7.72. The molecule has 1 N–H and O–H groups in total. The van der Waals surface area contributed by atoms with Crippen LogP contribution in [0, 0.1) is 13.8 Å². The molecule has 0 atom stereocenters. The Hall–Kier alpha value is -3.72. The van der Waals surface area contributed by atoms with E-state index in [2.05, 4.69) is 46.9 Å². The molecule has 0 aliphatic heterocycles. The minimum atomic E-state index is 0.263. The number of ether oxygens (including phenoxy) is 2. The second-order valence-corrected chi connectivity index (χ2v) is 10.2. The maximum absolute atomic E-state index is 5.85. The maximum Gasteiger partial charge on any atom is 0.156 e. The lowest BCUT2D eigenvalue weighted by molar-refractivity contribution is 0.178. The van der Waals surface area contributed by atoms with Gasteiger partial charge in [-0.2, -0.15) is 5.10 Å². The quantitative estimate of drug-likeness (QED) is 0.288. The lowest BCUT2D eigenvalue weighted by Crippen LogP contribution is -2.10. The number of hydrogen-bond acceptors (Lipinski definition) is 7. The Labute approximate surface area is 215 Å². The summed E-state index contributed by atoms with van der Waals surface area (Å²) in [6.45, 7) is 8.54. The fraction of sp³-hybridized carbons (Fsp3) is 0.429. The van der Waals surface area contributed by atoms with Crippen LogP contribution in [0.4, 0.5) is 0 Å².